The number of carbonyl (C=O) groups is 1. The normalized spacial score (nSPS) is 15.5. The van der Waals surface area contributed by atoms with Gasteiger partial charge in [0.05, 0.1) is 31.9 Å². The Morgan fingerprint density at radius 2 is 2.04 bits per heavy atom. The van der Waals surface area contributed by atoms with Crippen molar-refractivity contribution in [3.8, 4) is 0 Å². The Labute approximate surface area is 140 Å². The number of rotatable bonds is 6. The van der Waals surface area contributed by atoms with Crippen LogP contribution < -0.4 is 5.32 Å². The highest BCUT2D eigenvalue weighted by atomic mass is 32.1. The number of hydrogen-bond donors (Lipinski definition) is 1. The quantitative estimate of drug-likeness (QED) is 0.877. The number of aromatic nitrogens is 1. The molecule has 1 aromatic heterocycles. The van der Waals surface area contributed by atoms with Gasteiger partial charge >= 0.3 is 0 Å². The van der Waals surface area contributed by atoms with Gasteiger partial charge in [0.2, 0.25) is 5.91 Å². The van der Waals surface area contributed by atoms with Crippen LogP contribution in [0.2, 0.25) is 0 Å². The maximum Gasteiger partial charge on any atom is 0.226 e. The van der Waals surface area contributed by atoms with Gasteiger partial charge in [-0.1, -0.05) is 30.3 Å². The van der Waals surface area contributed by atoms with E-state index in [4.69, 9.17) is 4.74 Å². The van der Waals surface area contributed by atoms with E-state index < -0.39 is 0 Å². The van der Waals surface area contributed by atoms with E-state index >= 15 is 0 Å². The lowest BCUT2D eigenvalue weighted by atomic mass is 10.2. The summed E-state index contributed by atoms with van der Waals surface area (Å²) in [5, 5.41) is 5.99. The maximum atomic E-state index is 12.0. The van der Waals surface area contributed by atoms with Gasteiger partial charge < -0.3 is 10.1 Å². The number of thiazole rings is 1. The van der Waals surface area contributed by atoms with Crippen LogP contribution in [-0.2, 0) is 29.0 Å². The fourth-order valence-corrected chi connectivity index (χ4v) is 3.31. The van der Waals surface area contributed by atoms with Gasteiger partial charge in [0.1, 0.15) is 5.01 Å². The van der Waals surface area contributed by atoms with Gasteiger partial charge in [-0.05, 0) is 5.56 Å². The molecule has 3 rings (SSSR count). The highest BCUT2D eigenvalue weighted by Crippen LogP contribution is 2.14. The number of nitrogens with zero attached hydrogens (tertiary/aromatic N) is 2. The van der Waals surface area contributed by atoms with E-state index in [2.05, 4.69) is 15.2 Å². The Morgan fingerprint density at radius 3 is 2.83 bits per heavy atom. The molecule has 122 valence electrons. The second-order valence-corrected chi connectivity index (χ2v) is 6.50. The molecule has 0 radical (unpaired) electrons. The molecule has 1 fully saturated rings. The molecule has 0 atom stereocenters. The van der Waals surface area contributed by atoms with Crippen LogP contribution in [0.3, 0.4) is 0 Å². The van der Waals surface area contributed by atoms with Crippen LogP contribution in [0.1, 0.15) is 16.3 Å². The van der Waals surface area contributed by atoms with Crippen molar-refractivity contribution < 1.29 is 9.53 Å². The third kappa shape index (κ3) is 5.13. The van der Waals surface area contributed by atoms with Gasteiger partial charge in [0.25, 0.3) is 0 Å². The molecule has 0 saturated carbocycles. The first kappa shape index (κ1) is 16.1. The number of ether oxygens (including phenoxy) is 1. The summed E-state index contributed by atoms with van der Waals surface area (Å²) >= 11 is 1.63. The summed E-state index contributed by atoms with van der Waals surface area (Å²) in [5.41, 5.74) is 1.95. The van der Waals surface area contributed by atoms with E-state index in [1.165, 1.54) is 0 Å². The van der Waals surface area contributed by atoms with Crippen LogP contribution in [0.15, 0.2) is 35.7 Å². The Kier molecular flexibility index (Phi) is 5.74. The first-order chi connectivity index (χ1) is 11.3. The molecular formula is C17H21N3O2S. The monoisotopic (exact) mass is 331 g/mol. The zero-order chi connectivity index (χ0) is 15.9. The summed E-state index contributed by atoms with van der Waals surface area (Å²) in [6, 6.07) is 9.92. The van der Waals surface area contributed by atoms with Crippen LogP contribution >= 0.6 is 11.3 Å². The van der Waals surface area contributed by atoms with Gasteiger partial charge in [-0.15, -0.1) is 11.3 Å². The fraction of sp³-hybridized carbons (Fsp3) is 0.412. The average molecular weight is 331 g/mol. The van der Waals surface area contributed by atoms with E-state index in [0.717, 1.165) is 49.1 Å². The van der Waals surface area contributed by atoms with Gasteiger partial charge in [-0.25, -0.2) is 4.98 Å². The van der Waals surface area contributed by atoms with Crippen LogP contribution in [0.4, 0.5) is 0 Å². The van der Waals surface area contributed by atoms with Crippen molar-refractivity contribution in [1.82, 2.24) is 15.2 Å². The van der Waals surface area contributed by atoms with E-state index in [1.54, 1.807) is 11.3 Å². The molecule has 2 heterocycles. The molecule has 0 bridgehead atoms. The van der Waals surface area contributed by atoms with Crippen LogP contribution in [0.5, 0.6) is 0 Å². The molecule has 1 aromatic carbocycles. The van der Waals surface area contributed by atoms with Crippen LogP contribution in [-0.4, -0.2) is 42.1 Å². The Morgan fingerprint density at radius 1 is 1.26 bits per heavy atom. The number of morpholine rings is 1. The maximum absolute atomic E-state index is 12.0. The second kappa shape index (κ2) is 8.19. The first-order valence-electron chi connectivity index (χ1n) is 7.83. The molecule has 2 aromatic rings. The van der Waals surface area contributed by atoms with E-state index in [-0.39, 0.29) is 5.91 Å². The van der Waals surface area contributed by atoms with Crippen molar-refractivity contribution in [3.63, 3.8) is 0 Å². The van der Waals surface area contributed by atoms with Crippen LogP contribution in [0.25, 0.3) is 0 Å². The largest absolute Gasteiger partial charge is 0.379 e. The number of hydrogen-bond acceptors (Lipinski definition) is 5. The van der Waals surface area contributed by atoms with Crippen molar-refractivity contribution in [2.24, 2.45) is 0 Å². The third-order valence-electron chi connectivity index (χ3n) is 3.74. The lowest BCUT2D eigenvalue weighted by Crippen LogP contribution is -2.35. The summed E-state index contributed by atoms with van der Waals surface area (Å²) < 4.78 is 5.35. The molecule has 0 aliphatic carbocycles. The molecule has 0 unspecified atom stereocenters. The SMILES string of the molecule is O=C(Cc1csc(CN2CCOCC2)n1)NCc1ccccc1. The van der Waals surface area contributed by atoms with Crippen molar-refractivity contribution in [2.45, 2.75) is 19.5 Å². The smallest absolute Gasteiger partial charge is 0.226 e. The molecule has 5 nitrogen and oxygen atoms in total. The molecule has 23 heavy (non-hydrogen) atoms. The zero-order valence-corrected chi connectivity index (χ0v) is 13.8. The van der Waals surface area contributed by atoms with E-state index in [0.29, 0.717) is 13.0 Å². The van der Waals surface area contributed by atoms with Crippen LogP contribution in [0, 0.1) is 0 Å². The fourth-order valence-electron chi connectivity index (χ4n) is 2.48. The van der Waals surface area contributed by atoms with Gasteiger partial charge in [0.15, 0.2) is 0 Å². The van der Waals surface area contributed by atoms with Crippen molar-refractivity contribution in [3.05, 3.63) is 52.0 Å². The predicted molar refractivity (Wildman–Crippen MR) is 90.2 cm³/mol. The zero-order valence-electron chi connectivity index (χ0n) is 13.0. The minimum Gasteiger partial charge on any atom is -0.379 e. The van der Waals surface area contributed by atoms with Crippen molar-refractivity contribution in [1.29, 1.82) is 0 Å². The topological polar surface area (TPSA) is 54.5 Å². The molecular weight excluding hydrogens is 310 g/mol. The molecule has 1 aliphatic heterocycles. The highest BCUT2D eigenvalue weighted by molar-refractivity contribution is 7.09. The minimum atomic E-state index is 0.0112. The molecule has 6 heteroatoms. The summed E-state index contributed by atoms with van der Waals surface area (Å²) in [7, 11) is 0. The van der Waals surface area contributed by atoms with E-state index in [9.17, 15) is 4.79 Å². The first-order valence-corrected chi connectivity index (χ1v) is 8.71. The lowest BCUT2D eigenvalue weighted by molar-refractivity contribution is -0.120. The molecule has 1 amide bonds. The molecule has 1 aliphatic rings. The predicted octanol–water partition coefficient (Wildman–Crippen LogP) is 1.83. The Hall–Kier alpha value is -1.76. The number of carbonyl (C=O) groups excluding carboxylic acids is 1. The van der Waals surface area contributed by atoms with Crippen molar-refractivity contribution >= 4 is 17.2 Å². The highest BCUT2D eigenvalue weighted by Gasteiger charge is 2.13. The third-order valence-corrected chi connectivity index (χ3v) is 4.62. The summed E-state index contributed by atoms with van der Waals surface area (Å²) in [6.07, 6.45) is 0.340. The minimum absolute atomic E-state index is 0.0112. The van der Waals surface area contributed by atoms with Gasteiger partial charge in [-0.2, -0.15) is 0 Å². The van der Waals surface area contributed by atoms with Gasteiger partial charge in [0, 0.05) is 25.0 Å². The molecule has 1 saturated heterocycles. The average Bonchev–Trinajstić information content (AvgIpc) is 3.02. The summed E-state index contributed by atoms with van der Waals surface area (Å²) in [4.78, 5) is 18.9. The Balaban J connectivity index is 1.45. The standard InChI is InChI=1S/C17H21N3O2S/c21-16(18-11-14-4-2-1-3-5-14)10-15-13-23-17(19-15)12-20-6-8-22-9-7-20/h1-5,13H,6-12H2,(H,18,21). The van der Waals surface area contributed by atoms with E-state index in [1.807, 2.05) is 35.7 Å². The lowest BCUT2D eigenvalue weighted by Gasteiger charge is -2.25. The molecule has 1 N–H and O–H groups in total. The van der Waals surface area contributed by atoms with Gasteiger partial charge in [-0.3, -0.25) is 9.69 Å². The molecule has 0 spiro atoms. The summed E-state index contributed by atoms with van der Waals surface area (Å²) in [5.74, 6) is 0.0112. The Bertz CT molecular complexity index is 624. The number of nitrogens with one attached hydrogen (secondary N) is 1. The van der Waals surface area contributed by atoms with Crippen molar-refractivity contribution in [2.75, 3.05) is 26.3 Å². The summed E-state index contributed by atoms with van der Waals surface area (Å²) in [6.45, 7) is 4.89. The number of benzene rings is 1. The number of amides is 1. The second-order valence-electron chi connectivity index (χ2n) is 5.56.